The molecule has 1 saturated carbocycles. The largest absolute Gasteiger partial charge is 0.389 e. The molecule has 0 saturated heterocycles. The molecular formula is C16H28N2O2. The summed E-state index contributed by atoms with van der Waals surface area (Å²) in [5.74, 6) is 0. The summed E-state index contributed by atoms with van der Waals surface area (Å²) in [5.41, 5.74) is 3.31. The maximum Gasteiger partial charge on any atom is 0.0798 e. The molecule has 3 unspecified atom stereocenters. The molecule has 4 heteroatoms. The Morgan fingerprint density at radius 3 is 2.65 bits per heavy atom. The van der Waals surface area contributed by atoms with Crippen LogP contribution in [-0.4, -0.2) is 28.1 Å². The van der Waals surface area contributed by atoms with E-state index >= 15 is 0 Å². The van der Waals surface area contributed by atoms with Gasteiger partial charge in [0.05, 0.1) is 23.9 Å². The van der Waals surface area contributed by atoms with Crippen molar-refractivity contribution in [3.8, 4) is 0 Å². The molecule has 1 heterocycles. The lowest BCUT2D eigenvalue weighted by atomic mass is 9.92. The van der Waals surface area contributed by atoms with Gasteiger partial charge in [0, 0.05) is 18.4 Å². The van der Waals surface area contributed by atoms with Crippen molar-refractivity contribution < 1.29 is 9.84 Å². The van der Waals surface area contributed by atoms with Gasteiger partial charge in [-0.25, -0.2) is 0 Å². The minimum Gasteiger partial charge on any atom is -0.389 e. The number of aromatic nitrogens is 2. The van der Waals surface area contributed by atoms with Crippen LogP contribution >= 0.6 is 0 Å². The van der Waals surface area contributed by atoms with E-state index in [-0.39, 0.29) is 0 Å². The molecule has 1 aromatic rings. The SMILES string of the molecule is CCc1nn(C2CCCC(OC)C2)c(CC)c1C(C)O. The summed E-state index contributed by atoms with van der Waals surface area (Å²) >= 11 is 0. The first-order chi connectivity index (χ1) is 9.62. The molecule has 0 radical (unpaired) electrons. The van der Waals surface area contributed by atoms with Crippen molar-refractivity contribution in [2.75, 3.05) is 7.11 Å². The van der Waals surface area contributed by atoms with E-state index < -0.39 is 6.10 Å². The highest BCUT2D eigenvalue weighted by Crippen LogP contribution is 2.33. The molecular weight excluding hydrogens is 252 g/mol. The molecule has 0 spiro atoms. The first kappa shape index (κ1) is 15.5. The van der Waals surface area contributed by atoms with Gasteiger partial charge in [0.1, 0.15) is 0 Å². The van der Waals surface area contributed by atoms with Gasteiger partial charge in [-0.1, -0.05) is 13.8 Å². The third-order valence-electron chi connectivity index (χ3n) is 4.49. The Labute approximate surface area is 122 Å². The molecule has 0 aromatic carbocycles. The lowest BCUT2D eigenvalue weighted by molar-refractivity contribution is 0.0501. The van der Waals surface area contributed by atoms with Gasteiger partial charge in [0.25, 0.3) is 0 Å². The third-order valence-corrected chi connectivity index (χ3v) is 4.49. The van der Waals surface area contributed by atoms with E-state index in [1.807, 2.05) is 6.92 Å². The summed E-state index contributed by atoms with van der Waals surface area (Å²) < 4.78 is 7.72. The highest BCUT2D eigenvalue weighted by atomic mass is 16.5. The van der Waals surface area contributed by atoms with E-state index in [1.165, 1.54) is 12.1 Å². The number of aliphatic hydroxyl groups excluding tert-OH is 1. The van der Waals surface area contributed by atoms with Crippen LogP contribution in [0.25, 0.3) is 0 Å². The fraction of sp³-hybridized carbons (Fsp3) is 0.812. The molecule has 3 atom stereocenters. The van der Waals surface area contributed by atoms with E-state index in [9.17, 15) is 5.11 Å². The number of ether oxygens (including phenoxy) is 1. The third kappa shape index (κ3) is 2.91. The van der Waals surface area contributed by atoms with Crippen LogP contribution in [0, 0.1) is 0 Å². The van der Waals surface area contributed by atoms with Gasteiger partial charge in [-0.05, 0) is 45.4 Å². The molecule has 1 aliphatic carbocycles. The van der Waals surface area contributed by atoms with Crippen LogP contribution in [0.4, 0.5) is 0 Å². The van der Waals surface area contributed by atoms with E-state index in [0.29, 0.717) is 12.1 Å². The minimum absolute atomic E-state index is 0.350. The summed E-state index contributed by atoms with van der Waals surface area (Å²) in [6.45, 7) is 6.10. The number of aryl methyl sites for hydroxylation is 1. The molecule has 1 fully saturated rings. The van der Waals surface area contributed by atoms with Gasteiger partial charge < -0.3 is 9.84 Å². The van der Waals surface area contributed by atoms with Crippen LogP contribution in [0.2, 0.25) is 0 Å². The van der Waals surface area contributed by atoms with E-state index in [1.54, 1.807) is 7.11 Å². The average Bonchev–Trinajstić information content (AvgIpc) is 2.86. The quantitative estimate of drug-likeness (QED) is 0.901. The Morgan fingerprint density at radius 1 is 1.35 bits per heavy atom. The summed E-state index contributed by atoms with van der Waals surface area (Å²) in [6.07, 6.45) is 6.25. The Hall–Kier alpha value is -0.870. The van der Waals surface area contributed by atoms with Crippen LogP contribution in [-0.2, 0) is 17.6 Å². The van der Waals surface area contributed by atoms with Gasteiger partial charge in [0.15, 0.2) is 0 Å². The Kier molecular flexibility index (Phi) is 5.22. The van der Waals surface area contributed by atoms with E-state index in [2.05, 4.69) is 18.5 Å². The summed E-state index contributed by atoms with van der Waals surface area (Å²) in [4.78, 5) is 0. The zero-order valence-corrected chi connectivity index (χ0v) is 13.2. The predicted molar refractivity (Wildman–Crippen MR) is 79.9 cm³/mol. The predicted octanol–water partition coefficient (Wildman–Crippen LogP) is 3.19. The molecule has 0 aliphatic heterocycles. The fourth-order valence-electron chi connectivity index (χ4n) is 3.49. The van der Waals surface area contributed by atoms with Crippen LogP contribution in [0.3, 0.4) is 0 Å². The van der Waals surface area contributed by atoms with Crippen molar-refractivity contribution in [2.24, 2.45) is 0 Å². The smallest absolute Gasteiger partial charge is 0.0798 e. The second kappa shape index (κ2) is 6.72. The average molecular weight is 280 g/mol. The zero-order valence-electron chi connectivity index (χ0n) is 13.2. The number of rotatable bonds is 5. The summed E-state index contributed by atoms with van der Waals surface area (Å²) in [6, 6.07) is 0.418. The van der Waals surface area contributed by atoms with Crippen molar-refractivity contribution in [1.82, 2.24) is 9.78 Å². The maximum atomic E-state index is 10.1. The molecule has 4 nitrogen and oxygen atoms in total. The monoisotopic (exact) mass is 280 g/mol. The standard InChI is InChI=1S/C16H28N2O2/c1-5-14-16(11(3)19)15(6-2)18(17-14)12-8-7-9-13(10-12)20-4/h11-13,19H,5-10H2,1-4H3. The molecule has 114 valence electrons. The number of aliphatic hydroxyl groups is 1. The van der Waals surface area contributed by atoms with Crippen molar-refractivity contribution in [2.45, 2.75) is 77.5 Å². The number of hydrogen-bond donors (Lipinski definition) is 1. The van der Waals surface area contributed by atoms with Crippen molar-refractivity contribution >= 4 is 0 Å². The van der Waals surface area contributed by atoms with E-state index in [0.717, 1.165) is 43.4 Å². The molecule has 2 rings (SSSR count). The number of nitrogens with zero attached hydrogens (tertiary/aromatic N) is 2. The topological polar surface area (TPSA) is 47.3 Å². The number of methoxy groups -OCH3 is 1. The van der Waals surface area contributed by atoms with Gasteiger partial charge in [-0.15, -0.1) is 0 Å². The van der Waals surface area contributed by atoms with Gasteiger partial charge in [0.2, 0.25) is 0 Å². The second-order valence-corrected chi connectivity index (χ2v) is 5.81. The van der Waals surface area contributed by atoms with Crippen LogP contribution in [0.15, 0.2) is 0 Å². The van der Waals surface area contributed by atoms with Crippen LogP contribution in [0.5, 0.6) is 0 Å². The highest BCUT2D eigenvalue weighted by Gasteiger charge is 2.28. The Bertz CT molecular complexity index is 440. The summed E-state index contributed by atoms with van der Waals surface area (Å²) in [5, 5.41) is 14.9. The Morgan fingerprint density at radius 2 is 2.10 bits per heavy atom. The first-order valence-corrected chi connectivity index (χ1v) is 7.93. The molecule has 1 N–H and O–H groups in total. The van der Waals surface area contributed by atoms with Gasteiger partial charge in [-0.3, -0.25) is 4.68 Å². The molecule has 0 bridgehead atoms. The molecule has 1 aliphatic rings. The first-order valence-electron chi connectivity index (χ1n) is 7.93. The van der Waals surface area contributed by atoms with Crippen LogP contribution < -0.4 is 0 Å². The maximum absolute atomic E-state index is 10.1. The number of hydrogen-bond acceptors (Lipinski definition) is 3. The molecule has 1 aromatic heterocycles. The van der Waals surface area contributed by atoms with Crippen LogP contribution in [0.1, 0.15) is 75.6 Å². The lowest BCUT2D eigenvalue weighted by Crippen LogP contribution is -2.26. The summed E-state index contributed by atoms with van der Waals surface area (Å²) in [7, 11) is 1.80. The normalized spacial score (nSPS) is 24.9. The molecule has 0 amide bonds. The van der Waals surface area contributed by atoms with Crippen molar-refractivity contribution in [3.63, 3.8) is 0 Å². The lowest BCUT2D eigenvalue weighted by Gasteiger charge is -2.29. The van der Waals surface area contributed by atoms with Gasteiger partial charge >= 0.3 is 0 Å². The van der Waals surface area contributed by atoms with Crippen molar-refractivity contribution in [1.29, 1.82) is 0 Å². The minimum atomic E-state index is -0.435. The highest BCUT2D eigenvalue weighted by molar-refractivity contribution is 5.29. The Balaban J connectivity index is 2.35. The second-order valence-electron chi connectivity index (χ2n) is 5.81. The zero-order chi connectivity index (χ0) is 14.7. The molecule has 20 heavy (non-hydrogen) atoms. The van der Waals surface area contributed by atoms with Gasteiger partial charge in [-0.2, -0.15) is 5.10 Å². The van der Waals surface area contributed by atoms with Crippen molar-refractivity contribution in [3.05, 3.63) is 17.0 Å². The van der Waals surface area contributed by atoms with E-state index in [4.69, 9.17) is 9.84 Å². The fourth-order valence-corrected chi connectivity index (χ4v) is 3.49.